The van der Waals surface area contributed by atoms with Crippen molar-refractivity contribution in [3.63, 3.8) is 0 Å². The summed E-state index contributed by atoms with van der Waals surface area (Å²) < 4.78 is 15.7. The molecule has 0 heterocycles. The number of carbonyl (C=O) groups is 4. The molecule has 1 rings (SSSR count). The predicted octanol–water partition coefficient (Wildman–Crippen LogP) is 2.48. The summed E-state index contributed by atoms with van der Waals surface area (Å²) in [5, 5.41) is 9.68. The molecule has 0 saturated carbocycles. The highest BCUT2D eigenvalue weighted by molar-refractivity contribution is 5.80. The Labute approximate surface area is 181 Å². The fourth-order valence-electron chi connectivity index (χ4n) is 2.72. The standard InChI is InChI=1S/C22H31NO8/c1-12(2)19(25)30-17-8-7-16(9-18(17)31-20(26)13(3)4)11-22(23,21(27)28)10-14(5)29-15(6)24/h7-9,12-14H,10-11,23H2,1-6H3,(H,27,28)/t14-,22?/m0/s1. The Bertz CT molecular complexity index is 833. The van der Waals surface area contributed by atoms with Gasteiger partial charge in [-0.1, -0.05) is 33.8 Å². The molecule has 0 spiro atoms. The van der Waals surface area contributed by atoms with Crippen LogP contribution in [0.3, 0.4) is 0 Å². The second-order valence-electron chi connectivity index (χ2n) is 8.19. The highest BCUT2D eigenvalue weighted by Gasteiger charge is 2.37. The molecule has 0 aliphatic heterocycles. The number of rotatable bonds is 10. The van der Waals surface area contributed by atoms with Crippen molar-refractivity contribution in [2.75, 3.05) is 0 Å². The van der Waals surface area contributed by atoms with Crippen molar-refractivity contribution >= 4 is 23.9 Å². The molecular formula is C22H31NO8. The molecular weight excluding hydrogens is 406 g/mol. The first-order chi connectivity index (χ1) is 14.2. The number of aliphatic carboxylic acids is 1. The summed E-state index contributed by atoms with van der Waals surface area (Å²) in [6.07, 6.45) is -0.991. The van der Waals surface area contributed by atoms with Gasteiger partial charge in [0, 0.05) is 19.8 Å². The molecule has 1 unspecified atom stereocenters. The summed E-state index contributed by atoms with van der Waals surface area (Å²) in [6, 6.07) is 4.39. The van der Waals surface area contributed by atoms with E-state index < -0.39 is 47.4 Å². The minimum absolute atomic E-state index is 0.00836. The van der Waals surface area contributed by atoms with Crippen molar-refractivity contribution in [2.45, 2.75) is 66.0 Å². The summed E-state index contributed by atoms with van der Waals surface area (Å²) in [5.74, 6) is -3.67. The largest absolute Gasteiger partial charge is 0.480 e. The van der Waals surface area contributed by atoms with E-state index in [1.165, 1.54) is 25.1 Å². The Morgan fingerprint density at radius 1 is 0.968 bits per heavy atom. The molecule has 1 aromatic rings. The molecule has 172 valence electrons. The highest BCUT2D eigenvalue weighted by Crippen LogP contribution is 2.32. The molecule has 9 nitrogen and oxygen atoms in total. The van der Waals surface area contributed by atoms with Crippen molar-refractivity contribution in [1.29, 1.82) is 0 Å². The van der Waals surface area contributed by atoms with Gasteiger partial charge in [-0.15, -0.1) is 0 Å². The number of benzene rings is 1. The van der Waals surface area contributed by atoms with E-state index in [1.807, 2.05) is 0 Å². The maximum absolute atomic E-state index is 12.1. The number of carboxylic acid groups (broad SMARTS) is 1. The first-order valence-electron chi connectivity index (χ1n) is 10.0. The van der Waals surface area contributed by atoms with Crippen molar-refractivity contribution in [3.05, 3.63) is 23.8 Å². The number of carbonyl (C=O) groups excluding carboxylic acids is 3. The molecule has 2 atom stereocenters. The van der Waals surface area contributed by atoms with Gasteiger partial charge in [0.1, 0.15) is 11.6 Å². The van der Waals surface area contributed by atoms with Crippen LogP contribution >= 0.6 is 0 Å². The first kappa shape index (κ1) is 26.1. The average molecular weight is 437 g/mol. The van der Waals surface area contributed by atoms with Gasteiger partial charge in [-0.2, -0.15) is 0 Å². The van der Waals surface area contributed by atoms with Crippen LogP contribution in [-0.4, -0.2) is 40.6 Å². The van der Waals surface area contributed by atoms with Crippen molar-refractivity contribution in [2.24, 2.45) is 17.6 Å². The van der Waals surface area contributed by atoms with Crippen LogP contribution in [0.25, 0.3) is 0 Å². The average Bonchev–Trinajstić information content (AvgIpc) is 2.62. The van der Waals surface area contributed by atoms with Crippen LogP contribution in [0, 0.1) is 11.8 Å². The lowest BCUT2D eigenvalue weighted by atomic mass is 9.86. The number of hydrogen-bond acceptors (Lipinski definition) is 8. The summed E-state index contributed by atoms with van der Waals surface area (Å²) in [7, 11) is 0. The maximum Gasteiger partial charge on any atom is 0.324 e. The number of nitrogens with two attached hydrogens (primary N) is 1. The van der Waals surface area contributed by atoms with Gasteiger partial charge in [-0.25, -0.2) is 0 Å². The van der Waals surface area contributed by atoms with Crippen LogP contribution in [0.15, 0.2) is 18.2 Å². The fourth-order valence-corrected chi connectivity index (χ4v) is 2.72. The van der Waals surface area contributed by atoms with E-state index in [0.29, 0.717) is 5.56 Å². The minimum Gasteiger partial charge on any atom is -0.480 e. The first-order valence-corrected chi connectivity index (χ1v) is 10.0. The Morgan fingerprint density at radius 3 is 1.94 bits per heavy atom. The smallest absolute Gasteiger partial charge is 0.324 e. The number of hydrogen-bond donors (Lipinski definition) is 2. The molecule has 0 radical (unpaired) electrons. The normalized spacial score (nSPS) is 14.0. The van der Waals surface area contributed by atoms with Gasteiger partial charge in [0.05, 0.1) is 11.8 Å². The van der Waals surface area contributed by atoms with Crippen LogP contribution in [0.5, 0.6) is 11.5 Å². The van der Waals surface area contributed by atoms with Gasteiger partial charge in [-0.3, -0.25) is 19.2 Å². The highest BCUT2D eigenvalue weighted by atomic mass is 16.6. The Kier molecular flexibility index (Phi) is 9.18. The lowest BCUT2D eigenvalue weighted by Crippen LogP contribution is -2.52. The van der Waals surface area contributed by atoms with E-state index in [1.54, 1.807) is 34.6 Å². The van der Waals surface area contributed by atoms with E-state index in [-0.39, 0.29) is 24.3 Å². The molecule has 0 aliphatic carbocycles. The SMILES string of the molecule is CC(=O)O[C@@H](C)CC(N)(Cc1ccc(OC(=O)C(C)C)c(OC(=O)C(C)C)c1)C(=O)O. The van der Waals surface area contributed by atoms with Crippen LogP contribution < -0.4 is 15.2 Å². The molecule has 1 aromatic carbocycles. The molecule has 0 saturated heterocycles. The van der Waals surface area contributed by atoms with E-state index in [2.05, 4.69) is 0 Å². The quantitative estimate of drug-likeness (QED) is 0.417. The van der Waals surface area contributed by atoms with E-state index in [9.17, 15) is 24.3 Å². The summed E-state index contributed by atoms with van der Waals surface area (Å²) in [6.45, 7) is 9.40. The molecule has 0 fully saturated rings. The van der Waals surface area contributed by atoms with Gasteiger partial charge in [0.15, 0.2) is 11.5 Å². The fraction of sp³-hybridized carbons (Fsp3) is 0.545. The van der Waals surface area contributed by atoms with E-state index >= 15 is 0 Å². The van der Waals surface area contributed by atoms with Crippen molar-refractivity contribution in [1.82, 2.24) is 0 Å². The lowest BCUT2D eigenvalue weighted by molar-refractivity contribution is -0.151. The molecule has 0 aromatic heterocycles. The summed E-state index contributed by atoms with van der Waals surface area (Å²) in [5.41, 5.74) is 4.82. The zero-order chi connectivity index (χ0) is 23.9. The summed E-state index contributed by atoms with van der Waals surface area (Å²) >= 11 is 0. The van der Waals surface area contributed by atoms with Crippen LogP contribution in [0.2, 0.25) is 0 Å². The van der Waals surface area contributed by atoms with E-state index in [0.717, 1.165) is 0 Å². The molecule has 3 N–H and O–H groups in total. The number of carboxylic acids is 1. The number of ether oxygens (including phenoxy) is 3. The predicted molar refractivity (Wildman–Crippen MR) is 111 cm³/mol. The molecule has 31 heavy (non-hydrogen) atoms. The molecule has 9 heteroatoms. The third-order valence-electron chi connectivity index (χ3n) is 4.34. The molecule has 0 amide bonds. The number of esters is 3. The van der Waals surface area contributed by atoms with Crippen LogP contribution in [0.1, 0.15) is 53.5 Å². The molecule has 0 bridgehead atoms. The third-order valence-corrected chi connectivity index (χ3v) is 4.34. The van der Waals surface area contributed by atoms with Crippen molar-refractivity contribution < 1.29 is 38.5 Å². The topological polar surface area (TPSA) is 142 Å². The van der Waals surface area contributed by atoms with Gasteiger partial charge in [0.25, 0.3) is 0 Å². The second kappa shape index (κ2) is 10.9. The van der Waals surface area contributed by atoms with Crippen LogP contribution in [0.4, 0.5) is 0 Å². The summed E-state index contributed by atoms with van der Waals surface area (Å²) in [4.78, 5) is 47.1. The maximum atomic E-state index is 12.1. The van der Waals surface area contributed by atoms with Gasteiger partial charge in [-0.05, 0) is 24.6 Å². The molecule has 0 aliphatic rings. The Morgan fingerprint density at radius 2 is 1.48 bits per heavy atom. The zero-order valence-electron chi connectivity index (χ0n) is 18.8. The Balaban J connectivity index is 3.25. The second-order valence-corrected chi connectivity index (χ2v) is 8.19. The van der Waals surface area contributed by atoms with Gasteiger partial charge < -0.3 is 25.1 Å². The third kappa shape index (κ3) is 8.01. The van der Waals surface area contributed by atoms with Crippen molar-refractivity contribution in [3.8, 4) is 11.5 Å². The zero-order valence-corrected chi connectivity index (χ0v) is 18.8. The van der Waals surface area contributed by atoms with E-state index in [4.69, 9.17) is 19.9 Å². The van der Waals surface area contributed by atoms with Gasteiger partial charge in [0.2, 0.25) is 0 Å². The van der Waals surface area contributed by atoms with Crippen LogP contribution in [-0.2, 0) is 30.3 Å². The Hall–Kier alpha value is -2.94. The lowest BCUT2D eigenvalue weighted by Gasteiger charge is -2.28. The van der Waals surface area contributed by atoms with Gasteiger partial charge >= 0.3 is 23.9 Å². The monoisotopic (exact) mass is 437 g/mol. The minimum atomic E-state index is -1.75.